The van der Waals surface area contributed by atoms with Crippen LogP contribution in [0.3, 0.4) is 0 Å². The first-order chi connectivity index (χ1) is 10.6. The molecule has 0 unspecified atom stereocenters. The number of aromatic hydroxyl groups is 2. The molecule has 0 fully saturated rings. The van der Waals surface area contributed by atoms with E-state index in [1.807, 2.05) is 0 Å². The Morgan fingerprint density at radius 3 is 2.22 bits per heavy atom. The fraction of sp³-hybridized carbons (Fsp3) is 0.263. The van der Waals surface area contributed by atoms with Gasteiger partial charge in [0.2, 0.25) is 0 Å². The van der Waals surface area contributed by atoms with E-state index in [0.29, 0.717) is 27.8 Å². The van der Waals surface area contributed by atoms with Gasteiger partial charge < -0.3 is 15.3 Å². The van der Waals surface area contributed by atoms with Crippen molar-refractivity contribution >= 4 is 6.08 Å². The van der Waals surface area contributed by atoms with Crippen LogP contribution in [-0.4, -0.2) is 20.9 Å². The molecule has 0 saturated heterocycles. The lowest BCUT2D eigenvalue weighted by atomic mass is 9.91. The van der Waals surface area contributed by atoms with Gasteiger partial charge >= 0.3 is 0 Å². The second-order valence-electron chi connectivity index (χ2n) is 6.23. The van der Waals surface area contributed by atoms with E-state index in [1.54, 1.807) is 45.9 Å². The third-order valence-corrected chi connectivity index (χ3v) is 3.81. The summed E-state index contributed by atoms with van der Waals surface area (Å²) in [5, 5.41) is 30.9. The number of phenolic OH excluding ortho intramolecular Hbond substituents is 2. The average molecular weight is 316 g/mol. The van der Waals surface area contributed by atoms with Crippen molar-refractivity contribution in [2.75, 3.05) is 0 Å². The average Bonchev–Trinajstić information content (AvgIpc) is 2.46. The zero-order chi connectivity index (χ0) is 17.4. The van der Waals surface area contributed by atoms with Crippen molar-refractivity contribution in [3.8, 4) is 22.6 Å². The zero-order valence-electron chi connectivity index (χ0n) is 13.7. The van der Waals surface area contributed by atoms with Gasteiger partial charge in [0.15, 0.2) is 0 Å². The molecule has 0 aromatic heterocycles. The first-order valence-electron chi connectivity index (χ1n) is 7.34. The van der Waals surface area contributed by atoms with Gasteiger partial charge in [-0.2, -0.15) is 0 Å². The Morgan fingerprint density at radius 1 is 1.04 bits per heavy atom. The van der Waals surface area contributed by atoms with E-state index in [2.05, 4.69) is 0 Å². The Labute approximate surface area is 135 Å². The van der Waals surface area contributed by atoms with Crippen molar-refractivity contribution < 1.29 is 19.7 Å². The van der Waals surface area contributed by atoms with Crippen LogP contribution in [0.2, 0.25) is 0 Å². The molecule has 0 saturated carbocycles. The van der Waals surface area contributed by atoms with Crippen molar-refractivity contribution in [1.82, 2.24) is 0 Å². The van der Waals surface area contributed by atoms with Crippen LogP contribution in [0, 0.1) is 19.7 Å². The topological polar surface area (TPSA) is 60.7 Å². The number of halogens is 1. The molecule has 4 heteroatoms. The van der Waals surface area contributed by atoms with E-state index in [-0.39, 0.29) is 11.5 Å². The molecule has 0 radical (unpaired) electrons. The summed E-state index contributed by atoms with van der Waals surface area (Å²) in [6, 6.07) is 5.81. The van der Waals surface area contributed by atoms with Gasteiger partial charge in [-0.3, -0.25) is 0 Å². The summed E-state index contributed by atoms with van der Waals surface area (Å²) in [6.07, 6.45) is 3.06. The molecule has 0 aliphatic heterocycles. The van der Waals surface area contributed by atoms with Crippen molar-refractivity contribution in [3.05, 3.63) is 52.8 Å². The minimum atomic E-state index is -1.08. The first kappa shape index (κ1) is 17.0. The molecule has 2 aromatic rings. The maximum atomic E-state index is 13.6. The highest BCUT2D eigenvalue weighted by molar-refractivity contribution is 5.85. The number of aliphatic hydroxyl groups is 1. The van der Waals surface area contributed by atoms with E-state index < -0.39 is 11.4 Å². The lowest BCUT2D eigenvalue weighted by Crippen LogP contribution is -2.13. The summed E-state index contributed by atoms with van der Waals surface area (Å²) < 4.78 is 13.6. The fourth-order valence-corrected chi connectivity index (χ4v) is 2.38. The molecule has 122 valence electrons. The van der Waals surface area contributed by atoms with Crippen LogP contribution < -0.4 is 0 Å². The summed E-state index contributed by atoms with van der Waals surface area (Å²) in [4.78, 5) is 0. The van der Waals surface area contributed by atoms with Crippen molar-refractivity contribution in [3.63, 3.8) is 0 Å². The minimum absolute atomic E-state index is 0.0000567. The van der Waals surface area contributed by atoms with Gasteiger partial charge in [0.1, 0.15) is 17.3 Å². The fourth-order valence-electron chi connectivity index (χ4n) is 2.38. The highest BCUT2D eigenvalue weighted by Crippen LogP contribution is 2.43. The SMILES string of the molecule is Cc1c(C)c(O)c(-c2cccc(F)c2)c(C=CC(C)(C)O)c1O. The first-order valence-corrected chi connectivity index (χ1v) is 7.34. The summed E-state index contributed by atoms with van der Waals surface area (Å²) in [7, 11) is 0. The molecule has 0 atom stereocenters. The van der Waals surface area contributed by atoms with Crippen molar-refractivity contribution in [2.24, 2.45) is 0 Å². The number of hydrogen-bond acceptors (Lipinski definition) is 3. The molecule has 23 heavy (non-hydrogen) atoms. The van der Waals surface area contributed by atoms with Gasteiger partial charge in [-0.1, -0.05) is 24.3 Å². The third kappa shape index (κ3) is 3.54. The molecule has 3 N–H and O–H groups in total. The number of phenols is 2. The molecule has 0 amide bonds. The standard InChI is InChI=1S/C19H21FO3/c1-11-12(2)18(22)16(13-6-5-7-14(20)10-13)15(17(11)21)8-9-19(3,4)23/h5-10,21-23H,1-4H3. The lowest BCUT2D eigenvalue weighted by molar-refractivity contribution is 0.134. The van der Waals surface area contributed by atoms with Crippen LogP contribution in [0.1, 0.15) is 30.5 Å². The molecule has 0 bridgehead atoms. The molecular weight excluding hydrogens is 295 g/mol. The normalized spacial score (nSPS) is 12.1. The predicted octanol–water partition coefficient (Wildman–Crippen LogP) is 4.30. The summed E-state index contributed by atoms with van der Waals surface area (Å²) >= 11 is 0. The molecule has 0 heterocycles. The largest absolute Gasteiger partial charge is 0.507 e. The quantitative estimate of drug-likeness (QED) is 0.740. The molecule has 3 nitrogen and oxygen atoms in total. The second-order valence-corrected chi connectivity index (χ2v) is 6.23. The lowest BCUT2D eigenvalue weighted by Gasteiger charge is -2.18. The third-order valence-electron chi connectivity index (χ3n) is 3.81. The molecule has 0 aliphatic rings. The van der Waals surface area contributed by atoms with Gasteiger partial charge in [0.25, 0.3) is 0 Å². The molecule has 0 spiro atoms. The van der Waals surface area contributed by atoms with Gasteiger partial charge in [0, 0.05) is 11.1 Å². The molecular formula is C19H21FO3. The zero-order valence-corrected chi connectivity index (χ0v) is 13.7. The van der Waals surface area contributed by atoms with Crippen LogP contribution in [0.4, 0.5) is 4.39 Å². The van der Waals surface area contributed by atoms with Crippen LogP contribution in [0.25, 0.3) is 17.2 Å². The number of rotatable bonds is 3. The van der Waals surface area contributed by atoms with Crippen LogP contribution >= 0.6 is 0 Å². The highest BCUT2D eigenvalue weighted by Gasteiger charge is 2.20. The number of benzene rings is 2. The smallest absolute Gasteiger partial charge is 0.127 e. The molecule has 2 rings (SSSR count). The van der Waals surface area contributed by atoms with E-state index in [0.717, 1.165) is 0 Å². The maximum absolute atomic E-state index is 13.6. The van der Waals surface area contributed by atoms with Crippen LogP contribution in [0.15, 0.2) is 30.3 Å². The summed E-state index contributed by atoms with van der Waals surface area (Å²) in [6.45, 7) is 6.59. The summed E-state index contributed by atoms with van der Waals surface area (Å²) in [5.41, 5.74) is 1.13. The van der Waals surface area contributed by atoms with Gasteiger partial charge in [-0.05, 0) is 56.5 Å². The second kappa shape index (κ2) is 6.05. The van der Waals surface area contributed by atoms with E-state index in [4.69, 9.17) is 0 Å². The van der Waals surface area contributed by atoms with E-state index in [9.17, 15) is 19.7 Å². The maximum Gasteiger partial charge on any atom is 0.127 e. The Morgan fingerprint density at radius 2 is 1.65 bits per heavy atom. The van der Waals surface area contributed by atoms with E-state index in [1.165, 1.54) is 18.2 Å². The molecule has 0 aliphatic carbocycles. The van der Waals surface area contributed by atoms with Crippen molar-refractivity contribution in [2.45, 2.75) is 33.3 Å². The van der Waals surface area contributed by atoms with Crippen LogP contribution in [0.5, 0.6) is 11.5 Å². The van der Waals surface area contributed by atoms with Gasteiger partial charge in [-0.15, -0.1) is 0 Å². The Bertz CT molecular complexity index is 771. The number of hydrogen-bond donors (Lipinski definition) is 3. The predicted molar refractivity (Wildman–Crippen MR) is 90.0 cm³/mol. The monoisotopic (exact) mass is 316 g/mol. The Hall–Kier alpha value is -2.33. The molecule has 2 aromatic carbocycles. The Kier molecular flexibility index (Phi) is 4.48. The Balaban J connectivity index is 2.81. The highest BCUT2D eigenvalue weighted by atomic mass is 19.1. The van der Waals surface area contributed by atoms with Crippen molar-refractivity contribution in [1.29, 1.82) is 0 Å². The van der Waals surface area contributed by atoms with E-state index >= 15 is 0 Å². The van der Waals surface area contributed by atoms with Gasteiger partial charge in [0.05, 0.1) is 5.60 Å². The van der Waals surface area contributed by atoms with Gasteiger partial charge in [-0.25, -0.2) is 4.39 Å². The van der Waals surface area contributed by atoms with Crippen LogP contribution in [-0.2, 0) is 0 Å². The summed E-state index contributed by atoms with van der Waals surface area (Å²) in [5.74, 6) is -0.446. The minimum Gasteiger partial charge on any atom is -0.507 e.